The minimum absolute atomic E-state index is 0.000395. The number of rotatable bonds is 8. The van der Waals surface area contributed by atoms with Crippen molar-refractivity contribution in [3.63, 3.8) is 0 Å². The fraction of sp³-hybridized carbons (Fsp3) is 0.704. The first-order valence-electron chi connectivity index (χ1n) is 13.1. The van der Waals surface area contributed by atoms with Gasteiger partial charge in [0.2, 0.25) is 5.91 Å². The van der Waals surface area contributed by atoms with Crippen LogP contribution in [0.25, 0.3) is 0 Å². The Morgan fingerprint density at radius 2 is 1.64 bits per heavy atom. The normalized spacial score (nSPS) is 21.2. The van der Waals surface area contributed by atoms with E-state index in [2.05, 4.69) is 10.2 Å². The van der Waals surface area contributed by atoms with Crippen LogP contribution in [-0.4, -0.2) is 66.1 Å². The molecule has 4 rings (SSSR count). The van der Waals surface area contributed by atoms with E-state index in [-0.39, 0.29) is 17.9 Å². The van der Waals surface area contributed by atoms with Gasteiger partial charge in [0, 0.05) is 43.7 Å². The van der Waals surface area contributed by atoms with E-state index in [4.69, 9.17) is 0 Å². The zero-order chi connectivity index (χ0) is 23.0. The van der Waals surface area contributed by atoms with E-state index >= 15 is 0 Å². The number of amides is 2. The summed E-state index contributed by atoms with van der Waals surface area (Å²) in [5.41, 5.74) is 0.698. The number of hydrogen-bond acceptors (Lipinski definition) is 4. The molecule has 1 saturated heterocycles. The Bertz CT molecular complexity index is 781. The van der Waals surface area contributed by atoms with Crippen molar-refractivity contribution >= 4 is 23.6 Å². The molecule has 3 aliphatic rings. The zero-order valence-electron chi connectivity index (χ0n) is 20.3. The molecular formula is C27H41N3O2S. The lowest BCUT2D eigenvalue weighted by Gasteiger charge is -2.34. The van der Waals surface area contributed by atoms with E-state index in [0.29, 0.717) is 17.4 Å². The molecule has 3 fully saturated rings. The molecule has 1 aromatic carbocycles. The summed E-state index contributed by atoms with van der Waals surface area (Å²) in [5.74, 6) is 1.44. The first-order chi connectivity index (χ1) is 16.1. The van der Waals surface area contributed by atoms with Crippen molar-refractivity contribution in [2.75, 3.05) is 32.4 Å². The van der Waals surface area contributed by atoms with Gasteiger partial charge in [0.05, 0.1) is 11.3 Å². The highest BCUT2D eigenvalue weighted by Gasteiger charge is 2.26. The highest BCUT2D eigenvalue weighted by Crippen LogP contribution is 2.28. The minimum atomic E-state index is 0.000395. The Morgan fingerprint density at radius 1 is 0.970 bits per heavy atom. The third-order valence-corrected chi connectivity index (χ3v) is 8.97. The fourth-order valence-corrected chi connectivity index (χ4v) is 6.75. The van der Waals surface area contributed by atoms with Crippen LogP contribution in [0.2, 0.25) is 0 Å². The number of carbonyl (C=O) groups excluding carboxylic acids is 2. The van der Waals surface area contributed by atoms with E-state index in [1.807, 2.05) is 36.2 Å². The van der Waals surface area contributed by atoms with Gasteiger partial charge < -0.3 is 15.1 Å². The highest BCUT2D eigenvalue weighted by atomic mass is 32.2. The summed E-state index contributed by atoms with van der Waals surface area (Å²) in [6, 6.07) is 8.36. The van der Waals surface area contributed by atoms with Crippen molar-refractivity contribution in [2.24, 2.45) is 5.92 Å². The summed E-state index contributed by atoms with van der Waals surface area (Å²) < 4.78 is 0. The van der Waals surface area contributed by atoms with Gasteiger partial charge in [-0.05, 0) is 56.6 Å². The molecule has 0 atom stereocenters. The minimum Gasteiger partial charge on any atom is -0.349 e. The number of hydrogen-bond donors (Lipinski definition) is 1. The molecule has 5 nitrogen and oxygen atoms in total. The number of piperidine rings is 1. The Morgan fingerprint density at radius 3 is 2.36 bits per heavy atom. The SMILES string of the molecule is CN(C(=O)CSc1ccccc1C(=O)NC1CCN(CC2CCCC2)CC1)C1CCCCC1. The molecular weight excluding hydrogens is 430 g/mol. The molecule has 1 heterocycles. The van der Waals surface area contributed by atoms with Gasteiger partial charge in [0.1, 0.15) is 0 Å². The fourth-order valence-electron chi connectivity index (χ4n) is 5.77. The van der Waals surface area contributed by atoms with Crippen LogP contribution in [0.15, 0.2) is 29.2 Å². The third kappa shape index (κ3) is 6.98. The number of likely N-dealkylation sites (tertiary alicyclic amines) is 1. The van der Waals surface area contributed by atoms with Gasteiger partial charge in [-0.2, -0.15) is 0 Å². The van der Waals surface area contributed by atoms with Crippen molar-refractivity contribution in [3.8, 4) is 0 Å². The first kappa shape index (κ1) is 24.6. The second-order valence-corrected chi connectivity index (χ2v) is 11.3. The monoisotopic (exact) mass is 471 g/mol. The van der Waals surface area contributed by atoms with Crippen LogP contribution in [0.3, 0.4) is 0 Å². The number of thioether (sulfide) groups is 1. The smallest absolute Gasteiger partial charge is 0.252 e. The number of nitrogens with one attached hydrogen (secondary N) is 1. The molecule has 1 aromatic rings. The van der Waals surface area contributed by atoms with Gasteiger partial charge in [-0.3, -0.25) is 9.59 Å². The molecule has 1 aliphatic heterocycles. The Balaban J connectivity index is 1.25. The molecule has 0 bridgehead atoms. The lowest BCUT2D eigenvalue weighted by Crippen LogP contribution is -2.45. The van der Waals surface area contributed by atoms with Crippen LogP contribution in [0.5, 0.6) is 0 Å². The van der Waals surface area contributed by atoms with Crippen LogP contribution >= 0.6 is 11.8 Å². The lowest BCUT2D eigenvalue weighted by atomic mass is 9.94. The van der Waals surface area contributed by atoms with Gasteiger partial charge in [0.15, 0.2) is 0 Å². The molecule has 0 unspecified atom stereocenters. The van der Waals surface area contributed by atoms with Crippen LogP contribution in [-0.2, 0) is 4.79 Å². The quantitative estimate of drug-likeness (QED) is 0.545. The molecule has 33 heavy (non-hydrogen) atoms. The average molecular weight is 472 g/mol. The Hall–Kier alpha value is -1.53. The first-order valence-corrected chi connectivity index (χ1v) is 14.1. The largest absolute Gasteiger partial charge is 0.349 e. The van der Waals surface area contributed by atoms with E-state index < -0.39 is 0 Å². The highest BCUT2D eigenvalue weighted by molar-refractivity contribution is 8.00. The van der Waals surface area contributed by atoms with Crippen LogP contribution in [0, 0.1) is 5.92 Å². The maximum atomic E-state index is 13.1. The molecule has 6 heteroatoms. The topological polar surface area (TPSA) is 52.7 Å². The van der Waals surface area contributed by atoms with Gasteiger partial charge in [-0.1, -0.05) is 44.2 Å². The molecule has 182 valence electrons. The summed E-state index contributed by atoms with van der Waals surface area (Å²) in [7, 11) is 1.94. The standard InChI is InChI=1S/C27H41N3O2S/c1-29(23-11-3-2-4-12-23)26(31)20-33-25-14-8-7-13-24(25)27(32)28-22-15-17-30(18-16-22)19-21-9-5-6-10-21/h7-8,13-14,21-23H,2-6,9-12,15-20H2,1H3,(H,28,32). The van der Waals surface area contributed by atoms with E-state index in [1.54, 1.807) is 0 Å². The predicted molar refractivity (Wildman–Crippen MR) is 136 cm³/mol. The molecule has 0 radical (unpaired) electrons. The van der Waals surface area contributed by atoms with Gasteiger partial charge >= 0.3 is 0 Å². The van der Waals surface area contributed by atoms with Crippen LogP contribution in [0.4, 0.5) is 0 Å². The zero-order valence-corrected chi connectivity index (χ0v) is 21.1. The Kier molecular flexibility index (Phi) is 9.13. The summed E-state index contributed by atoms with van der Waals surface area (Å²) in [6.07, 6.45) is 13.6. The second kappa shape index (κ2) is 12.3. The second-order valence-electron chi connectivity index (χ2n) is 10.3. The maximum absolute atomic E-state index is 13.1. The summed E-state index contributed by atoms with van der Waals surface area (Å²) in [5, 5.41) is 3.28. The van der Waals surface area contributed by atoms with Crippen molar-refractivity contribution in [1.29, 1.82) is 0 Å². The number of carbonyl (C=O) groups is 2. The number of nitrogens with zero attached hydrogens (tertiary/aromatic N) is 2. The van der Waals surface area contributed by atoms with E-state index in [9.17, 15) is 9.59 Å². The summed E-state index contributed by atoms with van der Waals surface area (Å²) in [6.45, 7) is 3.41. The van der Waals surface area contributed by atoms with Gasteiger partial charge in [0.25, 0.3) is 5.91 Å². The molecule has 2 saturated carbocycles. The molecule has 0 aromatic heterocycles. The molecule has 0 spiro atoms. The third-order valence-electron chi connectivity index (χ3n) is 7.91. The van der Waals surface area contributed by atoms with E-state index in [1.165, 1.54) is 63.3 Å². The van der Waals surface area contributed by atoms with E-state index in [0.717, 1.165) is 49.6 Å². The molecule has 2 amide bonds. The average Bonchev–Trinajstić information content (AvgIpc) is 3.37. The Labute approximate surface area is 204 Å². The lowest BCUT2D eigenvalue weighted by molar-refractivity contribution is -0.129. The van der Waals surface area contributed by atoms with Crippen LogP contribution < -0.4 is 5.32 Å². The van der Waals surface area contributed by atoms with Crippen molar-refractivity contribution in [1.82, 2.24) is 15.1 Å². The van der Waals surface area contributed by atoms with Gasteiger partial charge in [-0.25, -0.2) is 0 Å². The van der Waals surface area contributed by atoms with Gasteiger partial charge in [-0.15, -0.1) is 11.8 Å². The van der Waals surface area contributed by atoms with Crippen molar-refractivity contribution in [3.05, 3.63) is 29.8 Å². The predicted octanol–water partition coefficient (Wildman–Crippen LogP) is 4.95. The van der Waals surface area contributed by atoms with Crippen molar-refractivity contribution in [2.45, 2.75) is 87.6 Å². The molecule has 1 N–H and O–H groups in total. The van der Waals surface area contributed by atoms with Crippen molar-refractivity contribution < 1.29 is 9.59 Å². The summed E-state index contributed by atoms with van der Waals surface area (Å²) >= 11 is 1.50. The number of benzene rings is 1. The molecule has 2 aliphatic carbocycles. The maximum Gasteiger partial charge on any atom is 0.252 e. The van der Waals surface area contributed by atoms with Crippen LogP contribution in [0.1, 0.15) is 81.0 Å². The summed E-state index contributed by atoms with van der Waals surface area (Å²) in [4.78, 5) is 31.3.